The molecule has 1 aliphatic rings. The molecule has 3 N–H and O–H groups in total. The summed E-state index contributed by atoms with van der Waals surface area (Å²) >= 11 is 5.88. The smallest absolute Gasteiger partial charge is 0.325 e. The van der Waals surface area contributed by atoms with Crippen LogP contribution in [0.5, 0.6) is 5.88 Å². The monoisotopic (exact) mass is 535 g/mol. The largest absolute Gasteiger partial charge is 0.481 e. The lowest BCUT2D eigenvalue weighted by atomic mass is 9.94. The third kappa shape index (κ3) is 6.41. The summed E-state index contributed by atoms with van der Waals surface area (Å²) in [5, 5.41) is 8.30. The molecule has 0 radical (unpaired) electrons. The van der Waals surface area contributed by atoms with E-state index in [0.717, 1.165) is 4.68 Å². The Hall–Kier alpha value is -2.98. The minimum Gasteiger partial charge on any atom is -0.481 e. The Kier molecular flexibility index (Phi) is 7.94. The van der Waals surface area contributed by atoms with Gasteiger partial charge in [0.2, 0.25) is 11.8 Å². The van der Waals surface area contributed by atoms with Gasteiger partial charge in [0.25, 0.3) is 5.56 Å². The lowest BCUT2D eigenvalue weighted by Gasteiger charge is -2.33. The van der Waals surface area contributed by atoms with Crippen LogP contribution in [0.25, 0.3) is 10.8 Å². The molecule has 11 nitrogen and oxygen atoms in total. The maximum absolute atomic E-state index is 13.4. The molecule has 3 aromatic rings. The number of nitrogens with one attached hydrogen (secondary N) is 1. The number of aromatic nitrogens is 3. The molecule has 1 fully saturated rings. The number of methoxy groups -OCH3 is 1. The zero-order valence-electron chi connectivity index (χ0n) is 19.6. The van der Waals surface area contributed by atoms with Crippen molar-refractivity contribution in [2.45, 2.75) is 25.8 Å². The first-order chi connectivity index (χ1) is 17.1. The first-order valence-electron chi connectivity index (χ1n) is 11.4. The Morgan fingerprint density at radius 1 is 1.25 bits per heavy atom. The Morgan fingerprint density at radius 2 is 1.94 bits per heavy atom. The van der Waals surface area contributed by atoms with Crippen molar-refractivity contribution in [1.29, 1.82) is 0 Å². The summed E-state index contributed by atoms with van der Waals surface area (Å²) in [4.78, 5) is 50.8. The highest BCUT2D eigenvalue weighted by Gasteiger charge is 2.26. The maximum Gasteiger partial charge on any atom is 0.325 e. The number of carbonyl (C=O) groups is 1. The van der Waals surface area contributed by atoms with E-state index in [4.69, 9.17) is 26.1 Å². The highest BCUT2D eigenvalue weighted by atomic mass is 35.5. The van der Waals surface area contributed by atoms with E-state index in [1.807, 2.05) is 4.90 Å². The van der Waals surface area contributed by atoms with Crippen molar-refractivity contribution < 1.29 is 23.9 Å². The molecule has 4 rings (SSSR count). The molecular weight excluding hydrogens is 509 g/mol. The quantitative estimate of drug-likeness (QED) is 0.370. The van der Waals surface area contributed by atoms with Gasteiger partial charge in [0.05, 0.1) is 24.9 Å². The van der Waals surface area contributed by atoms with Gasteiger partial charge in [0.15, 0.2) is 0 Å². The van der Waals surface area contributed by atoms with Crippen LogP contribution in [-0.2, 0) is 15.9 Å². The molecule has 0 aliphatic carbocycles. The number of pyridine rings is 1. The molecule has 1 aromatic carbocycles. The number of fused-ring (bicyclic) bond motifs is 1. The minimum absolute atomic E-state index is 0.132. The van der Waals surface area contributed by atoms with Crippen LogP contribution in [0.2, 0.25) is 5.02 Å². The standard InChI is InChI=1S/C23H27ClN5O6P/c1-35-20-12-16-13-25-29(14-19(30)26-18-4-2-17(24)3-5-18)23(31)21(16)22(27-20)28-9-6-15(7-10-28)8-11-36(32,33)34/h2-5,12-13,15H,6-11,14H2,1H3,(H,26,30)(H2,32,33,34). The number of nitrogens with zero attached hydrogens (tertiary/aromatic N) is 4. The van der Waals surface area contributed by atoms with Gasteiger partial charge in [0, 0.05) is 35.3 Å². The van der Waals surface area contributed by atoms with Gasteiger partial charge in [-0.25, -0.2) is 4.68 Å². The minimum atomic E-state index is -4.03. The molecule has 0 atom stereocenters. The first kappa shape index (κ1) is 26.1. The molecule has 36 heavy (non-hydrogen) atoms. The highest BCUT2D eigenvalue weighted by molar-refractivity contribution is 7.51. The van der Waals surface area contributed by atoms with Gasteiger partial charge < -0.3 is 24.7 Å². The van der Waals surface area contributed by atoms with E-state index < -0.39 is 19.1 Å². The van der Waals surface area contributed by atoms with E-state index >= 15 is 0 Å². The number of rotatable bonds is 8. The Bertz CT molecular complexity index is 1350. The molecule has 0 bridgehead atoms. The van der Waals surface area contributed by atoms with Crippen molar-refractivity contribution in [3.05, 3.63) is 51.9 Å². The number of hydrogen-bond acceptors (Lipinski definition) is 7. The Morgan fingerprint density at radius 3 is 2.58 bits per heavy atom. The van der Waals surface area contributed by atoms with Crippen LogP contribution in [0.4, 0.5) is 11.5 Å². The van der Waals surface area contributed by atoms with Gasteiger partial charge in [-0.3, -0.25) is 14.2 Å². The number of carbonyl (C=O) groups excluding carboxylic acids is 1. The molecule has 0 saturated carbocycles. The molecule has 13 heteroatoms. The second kappa shape index (κ2) is 11.0. The number of amides is 1. The molecular formula is C23H27ClN5O6P. The van der Waals surface area contributed by atoms with E-state index in [-0.39, 0.29) is 18.6 Å². The number of ether oxygens (including phenoxy) is 1. The van der Waals surface area contributed by atoms with Crippen LogP contribution in [0.3, 0.4) is 0 Å². The number of benzene rings is 1. The van der Waals surface area contributed by atoms with Crippen LogP contribution >= 0.6 is 19.2 Å². The lowest BCUT2D eigenvalue weighted by molar-refractivity contribution is -0.117. The summed E-state index contributed by atoms with van der Waals surface area (Å²) in [5.74, 6) is 0.540. The molecule has 0 spiro atoms. The SMILES string of the molecule is COc1cc2cnn(CC(=O)Nc3ccc(Cl)cc3)c(=O)c2c(N2CCC(CCP(=O)(O)O)CC2)n1. The van der Waals surface area contributed by atoms with Gasteiger partial charge >= 0.3 is 7.60 Å². The number of piperidine rings is 1. The Balaban J connectivity index is 1.57. The predicted molar refractivity (Wildman–Crippen MR) is 137 cm³/mol. The van der Waals surface area contributed by atoms with E-state index in [1.165, 1.54) is 13.3 Å². The van der Waals surface area contributed by atoms with Crippen molar-refractivity contribution >= 4 is 47.4 Å². The molecule has 2 aromatic heterocycles. The zero-order chi connectivity index (χ0) is 25.9. The second-order valence-corrected chi connectivity index (χ2v) is 10.9. The molecule has 192 valence electrons. The molecule has 1 aliphatic heterocycles. The second-order valence-electron chi connectivity index (χ2n) is 8.72. The third-order valence-electron chi connectivity index (χ3n) is 6.17. The fourth-order valence-electron chi connectivity index (χ4n) is 4.26. The average molecular weight is 536 g/mol. The lowest BCUT2D eigenvalue weighted by Crippen LogP contribution is -2.36. The predicted octanol–water partition coefficient (Wildman–Crippen LogP) is 2.88. The van der Waals surface area contributed by atoms with E-state index in [1.54, 1.807) is 30.3 Å². The van der Waals surface area contributed by atoms with Crippen LogP contribution in [0.15, 0.2) is 41.3 Å². The van der Waals surface area contributed by atoms with Crippen molar-refractivity contribution in [2.24, 2.45) is 5.92 Å². The molecule has 1 amide bonds. The van der Waals surface area contributed by atoms with Crippen molar-refractivity contribution in [3.63, 3.8) is 0 Å². The number of anilines is 2. The van der Waals surface area contributed by atoms with E-state index in [2.05, 4.69) is 15.4 Å². The average Bonchev–Trinajstić information content (AvgIpc) is 2.85. The number of halogens is 1. The summed E-state index contributed by atoms with van der Waals surface area (Å²) in [7, 11) is -2.54. The summed E-state index contributed by atoms with van der Waals surface area (Å²) in [5.41, 5.74) is 0.0967. The molecule has 3 heterocycles. The van der Waals surface area contributed by atoms with Gasteiger partial charge in [-0.15, -0.1) is 0 Å². The fraction of sp³-hybridized carbons (Fsp3) is 0.391. The van der Waals surface area contributed by atoms with E-state index in [9.17, 15) is 14.2 Å². The van der Waals surface area contributed by atoms with Gasteiger partial charge in [-0.2, -0.15) is 10.1 Å². The summed E-state index contributed by atoms with van der Waals surface area (Å²) in [6, 6.07) is 8.25. The maximum atomic E-state index is 13.4. The summed E-state index contributed by atoms with van der Waals surface area (Å²) in [6.45, 7) is 0.854. The van der Waals surface area contributed by atoms with Gasteiger partial charge in [0.1, 0.15) is 12.4 Å². The number of hydrogen-bond donors (Lipinski definition) is 3. The van der Waals surface area contributed by atoms with Crippen LogP contribution in [0.1, 0.15) is 19.3 Å². The normalized spacial score (nSPS) is 14.7. The Labute approximate surface area is 212 Å². The summed E-state index contributed by atoms with van der Waals surface area (Å²) in [6.07, 6.45) is 3.25. The van der Waals surface area contributed by atoms with Crippen molar-refractivity contribution in [3.8, 4) is 5.88 Å². The van der Waals surface area contributed by atoms with Crippen LogP contribution in [0, 0.1) is 5.92 Å². The molecule has 1 saturated heterocycles. The topological polar surface area (TPSA) is 147 Å². The summed E-state index contributed by atoms with van der Waals surface area (Å²) < 4.78 is 17.6. The van der Waals surface area contributed by atoms with Gasteiger partial charge in [-0.1, -0.05) is 11.6 Å². The van der Waals surface area contributed by atoms with Crippen LogP contribution < -0.4 is 20.5 Å². The van der Waals surface area contributed by atoms with Crippen molar-refractivity contribution in [2.75, 3.05) is 36.6 Å². The zero-order valence-corrected chi connectivity index (χ0v) is 21.3. The van der Waals surface area contributed by atoms with Crippen molar-refractivity contribution in [1.82, 2.24) is 14.8 Å². The third-order valence-corrected chi connectivity index (χ3v) is 7.26. The highest BCUT2D eigenvalue weighted by Crippen LogP contribution is 2.38. The molecule has 0 unspecified atom stereocenters. The van der Waals surface area contributed by atoms with Gasteiger partial charge in [-0.05, 0) is 49.4 Å². The fourth-order valence-corrected chi connectivity index (χ4v) is 5.09. The van der Waals surface area contributed by atoms with E-state index in [0.29, 0.717) is 65.5 Å². The van der Waals surface area contributed by atoms with Crippen LogP contribution in [-0.4, -0.2) is 56.8 Å². The first-order valence-corrected chi connectivity index (χ1v) is 13.6.